The van der Waals surface area contributed by atoms with Crippen LogP contribution in [-0.2, 0) is 16.1 Å². The molecule has 2 aromatic rings. The highest BCUT2D eigenvalue weighted by molar-refractivity contribution is 6.30. The summed E-state index contributed by atoms with van der Waals surface area (Å²) in [5.74, 6) is 0.181. The van der Waals surface area contributed by atoms with Crippen LogP contribution in [0.25, 0.3) is 0 Å². The number of ether oxygens (including phenoxy) is 1. The molecule has 0 heterocycles. The standard InChI is InChI=1S/C21H25ClN2O3/c1-4-19(21(26)23-3)24(13-16-8-10-17(22)11-9-16)20(25)14-27-18-7-5-6-15(2)12-18/h5-12,19H,4,13-14H2,1-3H3,(H,23,26). The van der Waals surface area contributed by atoms with Crippen molar-refractivity contribution in [3.8, 4) is 5.75 Å². The zero-order valence-corrected chi connectivity index (χ0v) is 16.6. The van der Waals surface area contributed by atoms with Gasteiger partial charge in [0.25, 0.3) is 5.91 Å². The van der Waals surface area contributed by atoms with E-state index in [2.05, 4.69) is 5.32 Å². The van der Waals surface area contributed by atoms with Crippen molar-refractivity contribution in [2.75, 3.05) is 13.7 Å². The van der Waals surface area contributed by atoms with Gasteiger partial charge in [-0.2, -0.15) is 0 Å². The van der Waals surface area contributed by atoms with Gasteiger partial charge in [-0.3, -0.25) is 9.59 Å². The van der Waals surface area contributed by atoms with Crippen molar-refractivity contribution in [1.82, 2.24) is 10.2 Å². The summed E-state index contributed by atoms with van der Waals surface area (Å²) < 4.78 is 5.65. The van der Waals surface area contributed by atoms with Gasteiger partial charge in [-0.1, -0.05) is 42.8 Å². The van der Waals surface area contributed by atoms with Crippen LogP contribution in [0.1, 0.15) is 24.5 Å². The van der Waals surface area contributed by atoms with E-state index in [9.17, 15) is 9.59 Å². The highest BCUT2D eigenvalue weighted by Gasteiger charge is 2.28. The van der Waals surface area contributed by atoms with Crippen molar-refractivity contribution < 1.29 is 14.3 Å². The summed E-state index contributed by atoms with van der Waals surface area (Å²) in [6, 6.07) is 14.2. The normalized spacial score (nSPS) is 11.6. The lowest BCUT2D eigenvalue weighted by molar-refractivity contribution is -0.142. The highest BCUT2D eigenvalue weighted by Crippen LogP contribution is 2.17. The fourth-order valence-corrected chi connectivity index (χ4v) is 2.93. The van der Waals surface area contributed by atoms with Gasteiger partial charge in [0.05, 0.1) is 0 Å². The first kappa shape index (κ1) is 20.8. The number of amides is 2. The number of carbonyl (C=O) groups excluding carboxylic acids is 2. The van der Waals surface area contributed by atoms with Crippen LogP contribution in [0.2, 0.25) is 5.02 Å². The molecule has 27 heavy (non-hydrogen) atoms. The lowest BCUT2D eigenvalue weighted by Gasteiger charge is -2.30. The van der Waals surface area contributed by atoms with Crippen LogP contribution in [0.15, 0.2) is 48.5 Å². The fraction of sp³-hybridized carbons (Fsp3) is 0.333. The Bertz CT molecular complexity index is 777. The van der Waals surface area contributed by atoms with E-state index < -0.39 is 6.04 Å². The SMILES string of the molecule is CCC(C(=O)NC)N(Cc1ccc(Cl)cc1)C(=O)COc1cccc(C)c1. The molecule has 0 aliphatic carbocycles. The van der Waals surface area contributed by atoms with Crippen LogP contribution in [0.4, 0.5) is 0 Å². The molecule has 1 unspecified atom stereocenters. The highest BCUT2D eigenvalue weighted by atomic mass is 35.5. The second kappa shape index (κ2) is 9.97. The third-order valence-corrected chi connectivity index (χ3v) is 4.50. The summed E-state index contributed by atoms with van der Waals surface area (Å²) in [5.41, 5.74) is 1.94. The lowest BCUT2D eigenvalue weighted by Crippen LogP contribution is -2.49. The van der Waals surface area contributed by atoms with Crippen molar-refractivity contribution in [2.24, 2.45) is 0 Å². The van der Waals surface area contributed by atoms with Gasteiger partial charge in [0.2, 0.25) is 5.91 Å². The van der Waals surface area contributed by atoms with Gasteiger partial charge < -0.3 is 15.0 Å². The molecule has 2 rings (SSSR count). The van der Waals surface area contributed by atoms with Gasteiger partial charge in [-0.25, -0.2) is 0 Å². The number of nitrogens with zero attached hydrogens (tertiary/aromatic N) is 1. The summed E-state index contributed by atoms with van der Waals surface area (Å²) >= 11 is 5.94. The number of likely N-dealkylation sites (N-methyl/N-ethyl adjacent to an activating group) is 1. The Balaban J connectivity index is 2.17. The number of aryl methyl sites for hydroxylation is 1. The van der Waals surface area contributed by atoms with Gasteiger partial charge in [-0.15, -0.1) is 0 Å². The summed E-state index contributed by atoms with van der Waals surface area (Å²) in [7, 11) is 1.57. The maximum Gasteiger partial charge on any atom is 0.261 e. The molecule has 5 nitrogen and oxygen atoms in total. The number of carbonyl (C=O) groups is 2. The molecule has 2 amide bonds. The van der Waals surface area contributed by atoms with Crippen molar-refractivity contribution in [2.45, 2.75) is 32.9 Å². The predicted molar refractivity (Wildman–Crippen MR) is 107 cm³/mol. The van der Waals surface area contributed by atoms with E-state index in [1.165, 1.54) is 0 Å². The van der Waals surface area contributed by atoms with E-state index in [1.54, 1.807) is 30.1 Å². The maximum absolute atomic E-state index is 12.9. The van der Waals surface area contributed by atoms with Crippen molar-refractivity contribution in [3.05, 3.63) is 64.7 Å². The second-order valence-electron chi connectivity index (χ2n) is 6.29. The Hall–Kier alpha value is -2.53. The lowest BCUT2D eigenvalue weighted by atomic mass is 10.1. The average molecular weight is 389 g/mol. The second-order valence-corrected chi connectivity index (χ2v) is 6.73. The summed E-state index contributed by atoms with van der Waals surface area (Å²) in [6.45, 7) is 4.01. The fourth-order valence-electron chi connectivity index (χ4n) is 2.81. The largest absolute Gasteiger partial charge is 0.484 e. The smallest absolute Gasteiger partial charge is 0.261 e. The molecule has 2 aromatic carbocycles. The van der Waals surface area contributed by atoms with Gasteiger partial charge >= 0.3 is 0 Å². The van der Waals surface area contributed by atoms with Crippen LogP contribution in [0, 0.1) is 6.92 Å². The number of nitrogens with one attached hydrogen (secondary N) is 1. The van der Waals surface area contributed by atoms with E-state index in [4.69, 9.17) is 16.3 Å². The quantitative estimate of drug-likeness (QED) is 0.751. The van der Waals surface area contributed by atoms with E-state index in [1.807, 2.05) is 44.2 Å². The predicted octanol–water partition coefficient (Wildman–Crippen LogP) is 3.58. The number of hydrogen-bond donors (Lipinski definition) is 1. The Morgan fingerprint density at radius 2 is 1.89 bits per heavy atom. The van der Waals surface area contributed by atoms with Crippen LogP contribution in [-0.4, -0.2) is 36.4 Å². The van der Waals surface area contributed by atoms with Crippen LogP contribution < -0.4 is 10.1 Å². The first-order valence-corrected chi connectivity index (χ1v) is 9.27. The van der Waals surface area contributed by atoms with Gasteiger partial charge in [-0.05, 0) is 48.7 Å². The molecule has 0 aromatic heterocycles. The van der Waals surface area contributed by atoms with E-state index >= 15 is 0 Å². The van der Waals surface area contributed by atoms with Crippen LogP contribution in [0.3, 0.4) is 0 Å². The molecule has 0 fully saturated rings. The topological polar surface area (TPSA) is 58.6 Å². The van der Waals surface area contributed by atoms with Crippen molar-refractivity contribution in [1.29, 1.82) is 0 Å². The van der Waals surface area contributed by atoms with Crippen LogP contribution in [0.5, 0.6) is 5.75 Å². The molecule has 6 heteroatoms. The Morgan fingerprint density at radius 1 is 1.19 bits per heavy atom. The zero-order chi connectivity index (χ0) is 19.8. The number of halogens is 1. The molecule has 1 N–H and O–H groups in total. The molecule has 144 valence electrons. The minimum atomic E-state index is -0.570. The van der Waals surface area contributed by atoms with E-state index in [0.29, 0.717) is 23.7 Å². The number of hydrogen-bond acceptors (Lipinski definition) is 3. The number of rotatable bonds is 8. The molecule has 0 saturated heterocycles. The van der Waals surface area contributed by atoms with E-state index in [0.717, 1.165) is 11.1 Å². The van der Waals surface area contributed by atoms with Crippen molar-refractivity contribution in [3.63, 3.8) is 0 Å². The molecule has 0 saturated carbocycles. The first-order valence-electron chi connectivity index (χ1n) is 8.89. The third kappa shape index (κ3) is 6.00. The monoisotopic (exact) mass is 388 g/mol. The molecule has 1 atom stereocenters. The molecule has 0 aliphatic heterocycles. The molecule has 0 spiro atoms. The first-order chi connectivity index (χ1) is 12.9. The Labute approximate surface area is 165 Å². The summed E-state index contributed by atoms with van der Waals surface area (Å²) in [4.78, 5) is 26.7. The minimum absolute atomic E-state index is 0.134. The molecular weight excluding hydrogens is 364 g/mol. The minimum Gasteiger partial charge on any atom is -0.484 e. The van der Waals surface area contributed by atoms with E-state index in [-0.39, 0.29) is 18.4 Å². The Kier molecular flexibility index (Phi) is 7.67. The van der Waals surface area contributed by atoms with Gasteiger partial charge in [0.1, 0.15) is 11.8 Å². The van der Waals surface area contributed by atoms with Crippen molar-refractivity contribution >= 4 is 23.4 Å². The molecular formula is C21H25ClN2O3. The summed E-state index contributed by atoms with van der Waals surface area (Å²) in [5, 5.41) is 3.26. The zero-order valence-electron chi connectivity index (χ0n) is 15.9. The van der Waals surface area contributed by atoms with Crippen LogP contribution >= 0.6 is 11.6 Å². The molecule has 0 bridgehead atoms. The molecule has 0 aliphatic rings. The third-order valence-electron chi connectivity index (χ3n) is 4.25. The van der Waals surface area contributed by atoms with Gasteiger partial charge in [0, 0.05) is 18.6 Å². The molecule has 0 radical (unpaired) electrons. The Morgan fingerprint density at radius 3 is 2.48 bits per heavy atom. The summed E-state index contributed by atoms with van der Waals surface area (Å²) in [6.07, 6.45) is 0.503. The average Bonchev–Trinajstić information content (AvgIpc) is 2.67. The maximum atomic E-state index is 12.9. The van der Waals surface area contributed by atoms with Gasteiger partial charge in [0.15, 0.2) is 6.61 Å². The number of benzene rings is 2.